The van der Waals surface area contributed by atoms with Crippen LogP contribution in [-0.4, -0.2) is 32.1 Å². The summed E-state index contributed by atoms with van der Waals surface area (Å²) in [4.78, 5) is 12.5. The Morgan fingerprint density at radius 1 is 1.21 bits per heavy atom. The molecule has 2 aliphatic rings. The van der Waals surface area contributed by atoms with Crippen molar-refractivity contribution in [1.29, 1.82) is 0 Å². The topological polar surface area (TPSA) is 38.3 Å². The summed E-state index contributed by atoms with van der Waals surface area (Å²) in [6.45, 7) is 1.17. The van der Waals surface area contributed by atoms with Crippen LogP contribution in [0.15, 0.2) is 24.3 Å². The van der Waals surface area contributed by atoms with Gasteiger partial charge in [-0.25, -0.2) is 0 Å². The Hall–Kier alpha value is -1.19. The Bertz CT molecular complexity index is 450. The van der Waals surface area contributed by atoms with E-state index in [9.17, 15) is 4.79 Å². The summed E-state index contributed by atoms with van der Waals surface area (Å²) in [7, 11) is 1.89. The van der Waals surface area contributed by atoms with E-state index < -0.39 is 0 Å². The highest BCUT2D eigenvalue weighted by atomic mass is 16.5. The van der Waals surface area contributed by atoms with E-state index in [1.165, 1.54) is 24.8 Å². The normalized spacial score (nSPS) is 27.2. The summed E-state index contributed by atoms with van der Waals surface area (Å²) >= 11 is 0. The lowest BCUT2D eigenvalue weighted by Crippen LogP contribution is -2.37. The van der Waals surface area contributed by atoms with E-state index in [0.717, 1.165) is 11.5 Å². The van der Waals surface area contributed by atoms with Gasteiger partial charge in [0.25, 0.3) is 0 Å². The van der Waals surface area contributed by atoms with E-state index >= 15 is 0 Å². The first-order chi connectivity index (χ1) is 9.29. The number of hydrogen-bond acceptors (Lipinski definition) is 3. The lowest BCUT2D eigenvalue weighted by Gasteiger charge is -2.26. The van der Waals surface area contributed by atoms with Gasteiger partial charge >= 0.3 is 0 Å². The maximum atomic E-state index is 12.5. The van der Waals surface area contributed by atoms with Crippen molar-refractivity contribution in [3.8, 4) is 0 Å². The van der Waals surface area contributed by atoms with Gasteiger partial charge in [-0.05, 0) is 31.4 Å². The number of ether oxygens (including phenoxy) is 1. The minimum absolute atomic E-state index is 0.0421. The van der Waals surface area contributed by atoms with Crippen molar-refractivity contribution in [2.75, 3.05) is 20.3 Å². The Morgan fingerprint density at radius 2 is 1.95 bits per heavy atom. The van der Waals surface area contributed by atoms with Crippen molar-refractivity contribution < 1.29 is 9.53 Å². The van der Waals surface area contributed by atoms with Gasteiger partial charge in [0.2, 0.25) is 0 Å². The summed E-state index contributed by atoms with van der Waals surface area (Å²) in [5.41, 5.74) is 2.20. The zero-order valence-corrected chi connectivity index (χ0v) is 11.4. The minimum atomic E-state index is -0.0421. The molecule has 1 aromatic carbocycles. The Balaban J connectivity index is 1.72. The van der Waals surface area contributed by atoms with Crippen LogP contribution < -0.4 is 5.32 Å². The molecule has 1 aliphatic carbocycles. The lowest BCUT2D eigenvalue weighted by molar-refractivity contribution is 0.0892. The maximum Gasteiger partial charge on any atom is 0.169 e. The van der Waals surface area contributed by atoms with Crippen molar-refractivity contribution in [2.24, 2.45) is 5.92 Å². The quantitative estimate of drug-likeness (QED) is 0.844. The largest absolute Gasteiger partial charge is 0.379 e. The third-order valence-electron chi connectivity index (χ3n) is 4.56. The zero-order valence-electron chi connectivity index (χ0n) is 11.4. The molecule has 19 heavy (non-hydrogen) atoms. The lowest BCUT2D eigenvalue weighted by atomic mass is 9.79. The van der Waals surface area contributed by atoms with Crippen LogP contribution in [0.25, 0.3) is 0 Å². The number of hydrogen-bond donors (Lipinski definition) is 1. The summed E-state index contributed by atoms with van der Waals surface area (Å²) in [6.07, 6.45) is 3.94. The molecule has 102 valence electrons. The highest BCUT2D eigenvalue weighted by Gasteiger charge is 2.33. The molecule has 1 aromatic rings. The molecule has 2 fully saturated rings. The number of carbonyl (C=O) groups excluding carboxylic acids is 1. The van der Waals surface area contributed by atoms with E-state index in [1.807, 2.05) is 19.2 Å². The first-order valence-electron chi connectivity index (χ1n) is 7.19. The number of nitrogens with one attached hydrogen (secondary N) is 1. The zero-order chi connectivity index (χ0) is 13.2. The monoisotopic (exact) mass is 259 g/mol. The van der Waals surface area contributed by atoms with Crippen LogP contribution in [0, 0.1) is 5.92 Å². The SMILES string of the molecule is CNC1COCC1C(=O)c1ccc(C2CCC2)cc1. The maximum absolute atomic E-state index is 12.5. The minimum Gasteiger partial charge on any atom is -0.379 e. The van der Waals surface area contributed by atoms with Gasteiger partial charge in [0, 0.05) is 11.6 Å². The van der Waals surface area contributed by atoms with Crippen molar-refractivity contribution in [3.05, 3.63) is 35.4 Å². The average Bonchev–Trinajstić information content (AvgIpc) is 2.85. The van der Waals surface area contributed by atoms with Crippen LogP contribution in [0.1, 0.15) is 41.1 Å². The third kappa shape index (κ3) is 2.45. The van der Waals surface area contributed by atoms with Gasteiger partial charge < -0.3 is 10.1 Å². The van der Waals surface area contributed by atoms with Crippen LogP contribution in [0.3, 0.4) is 0 Å². The molecular formula is C16H21NO2. The molecule has 1 heterocycles. The Labute approximate surface area is 114 Å². The summed E-state index contributed by atoms with van der Waals surface area (Å²) in [5, 5.41) is 3.17. The molecule has 1 saturated heterocycles. The van der Waals surface area contributed by atoms with Gasteiger partial charge in [-0.3, -0.25) is 4.79 Å². The van der Waals surface area contributed by atoms with E-state index in [-0.39, 0.29) is 17.7 Å². The van der Waals surface area contributed by atoms with Crippen LogP contribution in [0.4, 0.5) is 0 Å². The first kappa shape index (κ1) is 12.8. The fourth-order valence-corrected chi connectivity index (χ4v) is 2.97. The smallest absolute Gasteiger partial charge is 0.169 e. The number of likely N-dealkylation sites (N-methyl/N-ethyl adjacent to an activating group) is 1. The molecule has 0 bridgehead atoms. The standard InChI is InChI=1S/C16H21NO2/c1-17-15-10-19-9-14(15)16(18)13-7-5-12(6-8-13)11-3-2-4-11/h5-8,11,14-15,17H,2-4,9-10H2,1H3. The van der Waals surface area contributed by atoms with Crippen molar-refractivity contribution in [3.63, 3.8) is 0 Å². The molecule has 0 aromatic heterocycles. The molecule has 1 saturated carbocycles. The van der Waals surface area contributed by atoms with Crippen LogP contribution >= 0.6 is 0 Å². The molecule has 2 atom stereocenters. The molecular weight excluding hydrogens is 238 g/mol. The van der Waals surface area contributed by atoms with Crippen molar-refractivity contribution in [2.45, 2.75) is 31.2 Å². The predicted molar refractivity (Wildman–Crippen MR) is 74.5 cm³/mol. The summed E-state index contributed by atoms with van der Waals surface area (Å²) < 4.78 is 5.41. The third-order valence-corrected chi connectivity index (χ3v) is 4.56. The van der Waals surface area contributed by atoms with Gasteiger partial charge in [0.05, 0.1) is 19.1 Å². The Morgan fingerprint density at radius 3 is 2.53 bits per heavy atom. The second kappa shape index (κ2) is 5.43. The molecule has 0 spiro atoms. The van der Waals surface area contributed by atoms with Crippen LogP contribution in [-0.2, 0) is 4.74 Å². The van der Waals surface area contributed by atoms with Crippen molar-refractivity contribution in [1.82, 2.24) is 5.32 Å². The number of carbonyl (C=O) groups is 1. The van der Waals surface area contributed by atoms with E-state index in [4.69, 9.17) is 4.74 Å². The molecule has 3 nitrogen and oxygen atoms in total. The van der Waals surface area contributed by atoms with Crippen LogP contribution in [0.5, 0.6) is 0 Å². The predicted octanol–water partition coefficient (Wildman–Crippen LogP) is 2.37. The highest BCUT2D eigenvalue weighted by Crippen LogP contribution is 2.36. The average molecular weight is 259 g/mol. The number of Topliss-reactive ketones (excluding diaryl/α,β-unsaturated/α-hetero) is 1. The van der Waals surface area contributed by atoms with Gasteiger partial charge in [-0.1, -0.05) is 30.7 Å². The fraction of sp³-hybridized carbons (Fsp3) is 0.562. The van der Waals surface area contributed by atoms with Gasteiger partial charge in [0.15, 0.2) is 5.78 Å². The molecule has 0 amide bonds. The highest BCUT2D eigenvalue weighted by molar-refractivity contribution is 5.98. The van der Waals surface area contributed by atoms with E-state index in [1.54, 1.807) is 0 Å². The number of ketones is 1. The van der Waals surface area contributed by atoms with Crippen LogP contribution in [0.2, 0.25) is 0 Å². The van der Waals surface area contributed by atoms with Gasteiger partial charge in [-0.15, -0.1) is 0 Å². The fourth-order valence-electron chi connectivity index (χ4n) is 2.97. The van der Waals surface area contributed by atoms with Crippen molar-refractivity contribution >= 4 is 5.78 Å². The van der Waals surface area contributed by atoms with Gasteiger partial charge in [0.1, 0.15) is 0 Å². The molecule has 1 aliphatic heterocycles. The van der Waals surface area contributed by atoms with Gasteiger partial charge in [-0.2, -0.15) is 0 Å². The van der Waals surface area contributed by atoms with E-state index in [2.05, 4.69) is 17.4 Å². The molecule has 2 unspecified atom stereocenters. The first-order valence-corrected chi connectivity index (χ1v) is 7.19. The Kier molecular flexibility index (Phi) is 3.67. The molecule has 1 N–H and O–H groups in total. The number of benzene rings is 1. The summed E-state index contributed by atoms with van der Waals surface area (Å²) in [5.74, 6) is 0.889. The number of rotatable bonds is 4. The van der Waals surface area contributed by atoms with E-state index in [0.29, 0.717) is 13.2 Å². The molecule has 3 heteroatoms. The second-order valence-corrected chi connectivity index (χ2v) is 5.65. The second-order valence-electron chi connectivity index (χ2n) is 5.65. The molecule has 0 radical (unpaired) electrons. The summed E-state index contributed by atoms with van der Waals surface area (Å²) in [6, 6.07) is 8.38. The molecule has 3 rings (SSSR count).